The van der Waals surface area contributed by atoms with Crippen LogP contribution in [-0.2, 0) is 0 Å². The monoisotopic (exact) mass is 230 g/mol. The lowest BCUT2D eigenvalue weighted by molar-refractivity contribution is 0.107. The van der Waals surface area contributed by atoms with Crippen LogP contribution in [0.25, 0.3) is 0 Å². The third kappa shape index (κ3) is 2.50. The lowest BCUT2D eigenvalue weighted by Crippen LogP contribution is -2.12. The topological polar surface area (TPSA) is 29.5 Å². The van der Waals surface area contributed by atoms with Gasteiger partial charge in [0.15, 0.2) is 0 Å². The first kappa shape index (κ1) is 12.9. The van der Waals surface area contributed by atoms with Crippen molar-refractivity contribution < 1.29 is 18.6 Å². The zero-order valence-electron chi connectivity index (χ0n) is 9.63. The van der Waals surface area contributed by atoms with E-state index in [0.29, 0.717) is 6.42 Å². The Morgan fingerprint density at radius 3 is 2.19 bits per heavy atom. The molecular formula is C12H16F2O2. The van der Waals surface area contributed by atoms with E-state index in [-0.39, 0.29) is 17.2 Å². The van der Waals surface area contributed by atoms with E-state index in [1.165, 1.54) is 7.11 Å². The highest BCUT2D eigenvalue weighted by molar-refractivity contribution is 5.32. The van der Waals surface area contributed by atoms with E-state index in [4.69, 9.17) is 4.74 Å². The first-order valence-electron chi connectivity index (χ1n) is 5.22. The van der Waals surface area contributed by atoms with Crippen LogP contribution in [0.5, 0.6) is 5.75 Å². The maximum atomic E-state index is 13.6. The number of aliphatic hydroxyl groups is 1. The number of aliphatic hydroxyl groups excluding tert-OH is 1. The van der Waals surface area contributed by atoms with E-state index < -0.39 is 17.7 Å². The molecule has 2 nitrogen and oxygen atoms in total. The predicted octanol–water partition coefficient (Wildman–Crippen LogP) is 3.05. The highest BCUT2D eigenvalue weighted by Crippen LogP contribution is 2.30. The maximum Gasteiger partial charge on any atom is 0.135 e. The summed E-state index contributed by atoms with van der Waals surface area (Å²) in [6, 6.07) is 2.15. The van der Waals surface area contributed by atoms with E-state index in [1.807, 2.05) is 6.92 Å². The number of hydrogen-bond acceptors (Lipinski definition) is 2. The Balaban J connectivity index is 3.14. The van der Waals surface area contributed by atoms with Gasteiger partial charge in [0.25, 0.3) is 0 Å². The van der Waals surface area contributed by atoms with Gasteiger partial charge in [-0.15, -0.1) is 0 Å². The molecule has 0 spiro atoms. The van der Waals surface area contributed by atoms with Gasteiger partial charge in [0.05, 0.1) is 18.8 Å². The summed E-state index contributed by atoms with van der Waals surface area (Å²) in [5.74, 6) is -1.64. The molecule has 90 valence electrons. The van der Waals surface area contributed by atoms with E-state index in [9.17, 15) is 13.9 Å². The van der Waals surface area contributed by atoms with Crippen LogP contribution in [0, 0.1) is 17.6 Å². The average molecular weight is 230 g/mol. The summed E-state index contributed by atoms with van der Waals surface area (Å²) in [5.41, 5.74) is -0.282. The van der Waals surface area contributed by atoms with Gasteiger partial charge in [-0.2, -0.15) is 0 Å². The van der Waals surface area contributed by atoms with Crippen LogP contribution in [0.1, 0.15) is 31.9 Å². The highest BCUT2D eigenvalue weighted by Gasteiger charge is 2.23. The minimum absolute atomic E-state index is 0.107. The summed E-state index contributed by atoms with van der Waals surface area (Å²) in [6.07, 6.45) is -0.484. The summed E-state index contributed by atoms with van der Waals surface area (Å²) in [7, 11) is 1.33. The smallest absolute Gasteiger partial charge is 0.135 e. The van der Waals surface area contributed by atoms with E-state index in [0.717, 1.165) is 12.1 Å². The van der Waals surface area contributed by atoms with Crippen molar-refractivity contribution in [1.82, 2.24) is 0 Å². The largest absolute Gasteiger partial charge is 0.497 e. The molecule has 0 heterocycles. The normalized spacial score (nSPS) is 14.6. The Morgan fingerprint density at radius 2 is 1.81 bits per heavy atom. The van der Waals surface area contributed by atoms with Gasteiger partial charge in [-0.05, 0) is 5.92 Å². The summed E-state index contributed by atoms with van der Waals surface area (Å²) < 4.78 is 31.9. The molecule has 2 atom stereocenters. The molecule has 16 heavy (non-hydrogen) atoms. The number of ether oxygens (including phenoxy) is 1. The number of benzene rings is 1. The lowest BCUT2D eigenvalue weighted by atomic mass is 9.94. The van der Waals surface area contributed by atoms with Gasteiger partial charge in [-0.1, -0.05) is 20.3 Å². The summed E-state index contributed by atoms with van der Waals surface area (Å²) in [4.78, 5) is 0. The van der Waals surface area contributed by atoms with Crippen molar-refractivity contribution in [2.75, 3.05) is 7.11 Å². The minimum atomic E-state index is -1.13. The third-order valence-electron chi connectivity index (χ3n) is 2.77. The van der Waals surface area contributed by atoms with Gasteiger partial charge >= 0.3 is 0 Å². The van der Waals surface area contributed by atoms with Crippen LogP contribution in [0.3, 0.4) is 0 Å². The third-order valence-corrected chi connectivity index (χ3v) is 2.77. The van der Waals surface area contributed by atoms with Gasteiger partial charge < -0.3 is 9.84 Å². The summed E-state index contributed by atoms with van der Waals surface area (Å²) >= 11 is 0. The first-order chi connectivity index (χ1) is 7.51. The van der Waals surface area contributed by atoms with Crippen molar-refractivity contribution in [1.29, 1.82) is 0 Å². The summed E-state index contributed by atoms with van der Waals surface area (Å²) in [6.45, 7) is 3.60. The number of halogens is 2. The molecule has 4 heteroatoms. The first-order valence-corrected chi connectivity index (χ1v) is 5.22. The zero-order chi connectivity index (χ0) is 12.3. The molecule has 0 bridgehead atoms. The van der Waals surface area contributed by atoms with Crippen LogP contribution < -0.4 is 4.74 Å². The standard InChI is InChI=1S/C12H16F2O2/c1-4-7(2)12(15)11-9(13)5-8(16-3)6-10(11)14/h5-7,12,15H,4H2,1-3H3. The van der Waals surface area contributed by atoms with Crippen molar-refractivity contribution >= 4 is 0 Å². The highest BCUT2D eigenvalue weighted by atomic mass is 19.1. The van der Waals surface area contributed by atoms with Crippen molar-refractivity contribution in [3.05, 3.63) is 29.3 Å². The van der Waals surface area contributed by atoms with Crippen LogP contribution in [0.15, 0.2) is 12.1 Å². The molecular weight excluding hydrogens is 214 g/mol. The van der Waals surface area contributed by atoms with Gasteiger partial charge in [0, 0.05) is 12.1 Å². The van der Waals surface area contributed by atoms with Gasteiger partial charge in [0.1, 0.15) is 17.4 Å². The predicted molar refractivity (Wildman–Crippen MR) is 57.3 cm³/mol. The SMILES string of the molecule is CCC(C)C(O)c1c(F)cc(OC)cc1F. The summed E-state index contributed by atoms with van der Waals surface area (Å²) in [5, 5.41) is 9.79. The molecule has 1 rings (SSSR count). The quantitative estimate of drug-likeness (QED) is 0.861. The molecule has 0 saturated carbocycles. The fourth-order valence-electron chi connectivity index (χ4n) is 1.47. The number of rotatable bonds is 4. The lowest BCUT2D eigenvalue weighted by Gasteiger charge is -2.19. The van der Waals surface area contributed by atoms with Crippen molar-refractivity contribution in [2.45, 2.75) is 26.4 Å². The molecule has 1 aromatic rings. The molecule has 0 aliphatic rings. The Kier molecular flexibility index (Phi) is 4.24. The molecule has 0 aromatic heterocycles. The van der Waals surface area contributed by atoms with Crippen molar-refractivity contribution in [3.63, 3.8) is 0 Å². The van der Waals surface area contributed by atoms with Crippen LogP contribution in [0.4, 0.5) is 8.78 Å². The fraction of sp³-hybridized carbons (Fsp3) is 0.500. The molecule has 0 radical (unpaired) electrons. The molecule has 0 aliphatic heterocycles. The Hall–Kier alpha value is -1.16. The zero-order valence-corrected chi connectivity index (χ0v) is 9.63. The van der Waals surface area contributed by atoms with Gasteiger partial charge in [-0.25, -0.2) is 8.78 Å². The Labute approximate surface area is 93.9 Å². The molecule has 0 aliphatic carbocycles. The second kappa shape index (κ2) is 5.25. The van der Waals surface area contributed by atoms with E-state index in [2.05, 4.69) is 0 Å². The Bertz CT molecular complexity index is 343. The van der Waals surface area contributed by atoms with Crippen molar-refractivity contribution in [2.24, 2.45) is 5.92 Å². The van der Waals surface area contributed by atoms with Crippen molar-refractivity contribution in [3.8, 4) is 5.75 Å². The average Bonchev–Trinajstić information content (AvgIpc) is 2.26. The molecule has 1 aromatic carbocycles. The minimum Gasteiger partial charge on any atom is -0.497 e. The number of hydrogen-bond donors (Lipinski definition) is 1. The second-order valence-corrected chi connectivity index (χ2v) is 3.84. The van der Waals surface area contributed by atoms with Gasteiger partial charge in [-0.3, -0.25) is 0 Å². The molecule has 2 unspecified atom stereocenters. The second-order valence-electron chi connectivity index (χ2n) is 3.84. The van der Waals surface area contributed by atoms with E-state index in [1.54, 1.807) is 6.92 Å². The number of methoxy groups -OCH3 is 1. The van der Waals surface area contributed by atoms with Gasteiger partial charge in [0.2, 0.25) is 0 Å². The fourth-order valence-corrected chi connectivity index (χ4v) is 1.47. The molecule has 0 fully saturated rings. The van der Waals surface area contributed by atoms with E-state index >= 15 is 0 Å². The molecule has 0 amide bonds. The van der Waals surface area contributed by atoms with Crippen LogP contribution >= 0.6 is 0 Å². The maximum absolute atomic E-state index is 13.6. The van der Waals surface area contributed by atoms with Crippen LogP contribution in [-0.4, -0.2) is 12.2 Å². The Morgan fingerprint density at radius 1 is 1.31 bits per heavy atom. The molecule has 0 saturated heterocycles. The molecule has 1 N–H and O–H groups in total. The van der Waals surface area contributed by atoms with Crippen LogP contribution in [0.2, 0.25) is 0 Å².